The Balaban J connectivity index is 3.31. The van der Waals surface area contributed by atoms with Gasteiger partial charge in [-0.25, -0.2) is 0 Å². The Morgan fingerprint density at radius 1 is 0.950 bits per heavy atom. The SMILES string of the molecule is C=CCCCCCCC[C@@H](O)C#CCCCCCCC. The van der Waals surface area contributed by atoms with E-state index in [1.54, 1.807) is 0 Å². The molecule has 20 heavy (non-hydrogen) atoms. The lowest BCUT2D eigenvalue weighted by atomic mass is 10.1. The van der Waals surface area contributed by atoms with Gasteiger partial charge >= 0.3 is 0 Å². The van der Waals surface area contributed by atoms with Crippen molar-refractivity contribution >= 4 is 0 Å². The lowest BCUT2D eigenvalue weighted by Crippen LogP contribution is -2.02. The van der Waals surface area contributed by atoms with Crippen LogP contribution in [0.25, 0.3) is 0 Å². The van der Waals surface area contributed by atoms with Crippen molar-refractivity contribution in [3.63, 3.8) is 0 Å². The molecule has 1 N–H and O–H groups in total. The van der Waals surface area contributed by atoms with E-state index < -0.39 is 6.10 Å². The van der Waals surface area contributed by atoms with E-state index in [1.807, 2.05) is 6.08 Å². The molecule has 0 unspecified atom stereocenters. The molecule has 1 atom stereocenters. The Bertz CT molecular complexity index is 259. The molecule has 0 aromatic heterocycles. The van der Waals surface area contributed by atoms with Crippen LogP contribution < -0.4 is 0 Å². The lowest BCUT2D eigenvalue weighted by Gasteiger charge is -2.03. The molecule has 0 rings (SSSR count). The topological polar surface area (TPSA) is 20.2 Å². The van der Waals surface area contributed by atoms with Crippen molar-refractivity contribution in [1.29, 1.82) is 0 Å². The van der Waals surface area contributed by atoms with Gasteiger partial charge in [0.1, 0.15) is 6.10 Å². The molecule has 0 radical (unpaired) electrons. The third kappa shape index (κ3) is 15.3. The van der Waals surface area contributed by atoms with Gasteiger partial charge in [-0.1, -0.05) is 63.9 Å². The van der Waals surface area contributed by atoms with E-state index >= 15 is 0 Å². The standard InChI is InChI=1S/C19H34O/c1-3-5-7-9-11-13-15-17-19(20)18-16-14-12-10-8-6-4-2/h3,19-20H,1,4-15,17H2,2H3/t19-/m1/s1. The maximum absolute atomic E-state index is 9.74. The highest BCUT2D eigenvalue weighted by Crippen LogP contribution is 2.09. The van der Waals surface area contributed by atoms with Crippen LogP contribution in [0.4, 0.5) is 0 Å². The Labute approximate surface area is 126 Å². The number of hydrogen-bond acceptors (Lipinski definition) is 1. The molecule has 0 aliphatic heterocycles. The zero-order chi connectivity index (χ0) is 14.9. The summed E-state index contributed by atoms with van der Waals surface area (Å²) < 4.78 is 0. The quantitative estimate of drug-likeness (QED) is 0.263. The minimum atomic E-state index is -0.404. The molecule has 0 bridgehead atoms. The molecule has 1 nitrogen and oxygen atoms in total. The molecule has 0 saturated carbocycles. The van der Waals surface area contributed by atoms with E-state index in [9.17, 15) is 5.11 Å². The molecule has 0 aromatic rings. The zero-order valence-corrected chi connectivity index (χ0v) is 13.5. The first-order chi connectivity index (χ1) is 9.81. The largest absolute Gasteiger partial charge is 0.380 e. The highest BCUT2D eigenvalue weighted by molar-refractivity contribution is 5.04. The van der Waals surface area contributed by atoms with Gasteiger partial charge < -0.3 is 5.11 Å². The van der Waals surface area contributed by atoms with Crippen molar-refractivity contribution in [3.8, 4) is 11.8 Å². The van der Waals surface area contributed by atoms with Crippen LogP contribution >= 0.6 is 0 Å². The maximum Gasteiger partial charge on any atom is 0.114 e. The van der Waals surface area contributed by atoms with Crippen molar-refractivity contribution in [1.82, 2.24) is 0 Å². The Hall–Kier alpha value is -0.740. The summed E-state index contributed by atoms with van der Waals surface area (Å²) in [6.45, 7) is 5.96. The van der Waals surface area contributed by atoms with Crippen LogP contribution in [0.15, 0.2) is 12.7 Å². The van der Waals surface area contributed by atoms with Gasteiger partial charge in [-0.05, 0) is 32.1 Å². The zero-order valence-electron chi connectivity index (χ0n) is 13.5. The van der Waals surface area contributed by atoms with Gasteiger partial charge in [0, 0.05) is 6.42 Å². The van der Waals surface area contributed by atoms with Crippen molar-refractivity contribution in [2.75, 3.05) is 0 Å². The third-order valence-corrected chi connectivity index (χ3v) is 3.56. The van der Waals surface area contributed by atoms with Crippen LogP contribution in [-0.4, -0.2) is 11.2 Å². The molecule has 0 aliphatic carbocycles. The first-order valence-corrected chi connectivity index (χ1v) is 8.58. The van der Waals surface area contributed by atoms with Crippen LogP contribution in [0.1, 0.15) is 90.4 Å². The molecule has 0 spiro atoms. The van der Waals surface area contributed by atoms with Crippen LogP contribution in [-0.2, 0) is 0 Å². The fraction of sp³-hybridized carbons (Fsp3) is 0.789. The summed E-state index contributed by atoms with van der Waals surface area (Å²) >= 11 is 0. The molecule has 0 aromatic carbocycles. The predicted octanol–water partition coefficient (Wildman–Crippen LogP) is 5.63. The van der Waals surface area contributed by atoms with Crippen LogP contribution in [0.5, 0.6) is 0 Å². The minimum absolute atomic E-state index is 0.404. The van der Waals surface area contributed by atoms with Crippen LogP contribution in [0, 0.1) is 11.8 Å². The molecule has 0 amide bonds. The smallest absolute Gasteiger partial charge is 0.114 e. The Morgan fingerprint density at radius 2 is 1.60 bits per heavy atom. The summed E-state index contributed by atoms with van der Waals surface area (Å²) in [5.41, 5.74) is 0. The van der Waals surface area contributed by atoms with E-state index in [2.05, 4.69) is 25.3 Å². The molecule has 0 aliphatic rings. The second-order valence-electron chi connectivity index (χ2n) is 5.63. The lowest BCUT2D eigenvalue weighted by molar-refractivity contribution is 0.217. The van der Waals surface area contributed by atoms with Gasteiger partial charge in [-0.15, -0.1) is 12.5 Å². The van der Waals surface area contributed by atoms with Crippen LogP contribution in [0.3, 0.4) is 0 Å². The third-order valence-electron chi connectivity index (χ3n) is 3.56. The molecule has 1 heteroatoms. The fourth-order valence-electron chi connectivity index (χ4n) is 2.24. The maximum atomic E-state index is 9.74. The summed E-state index contributed by atoms with van der Waals surface area (Å²) in [5.74, 6) is 6.10. The first-order valence-electron chi connectivity index (χ1n) is 8.58. The van der Waals surface area contributed by atoms with Gasteiger partial charge in [0.25, 0.3) is 0 Å². The number of hydrogen-bond donors (Lipinski definition) is 1. The Kier molecular flexibility index (Phi) is 15.7. The van der Waals surface area contributed by atoms with E-state index in [4.69, 9.17) is 0 Å². The second kappa shape index (κ2) is 16.3. The summed E-state index contributed by atoms with van der Waals surface area (Å²) in [6, 6.07) is 0. The van der Waals surface area contributed by atoms with Crippen molar-refractivity contribution in [2.45, 2.75) is 96.5 Å². The molecule has 116 valence electrons. The summed E-state index contributed by atoms with van der Waals surface area (Å²) in [7, 11) is 0. The number of allylic oxidation sites excluding steroid dienone is 1. The highest BCUT2D eigenvalue weighted by atomic mass is 16.3. The summed E-state index contributed by atoms with van der Waals surface area (Å²) in [5, 5.41) is 9.74. The molecule has 0 heterocycles. The number of rotatable bonds is 13. The summed E-state index contributed by atoms with van der Waals surface area (Å²) in [6.07, 6.45) is 17.0. The average Bonchev–Trinajstić information content (AvgIpc) is 2.45. The molecular weight excluding hydrogens is 244 g/mol. The second-order valence-corrected chi connectivity index (χ2v) is 5.63. The average molecular weight is 278 g/mol. The van der Waals surface area contributed by atoms with Gasteiger partial charge in [-0.2, -0.15) is 0 Å². The predicted molar refractivity (Wildman–Crippen MR) is 89.7 cm³/mol. The van der Waals surface area contributed by atoms with Gasteiger partial charge in [0.15, 0.2) is 0 Å². The molecule has 0 saturated heterocycles. The Morgan fingerprint density at radius 3 is 2.35 bits per heavy atom. The van der Waals surface area contributed by atoms with Crippen molar-refractivity contribution < 1.29 is 5.11 Å². The van der Waals surface area contributed by atoms with Gasteiger partial charge in [0.05, 0.1) is 0 Å². The number of unbranched alkanes of at least 4 members (excludes halogenated alkanes) is 10. The van der Waals surface area contributed by atoms with Crippen molar-refractivity contribution in [2.24, 2.45) is 0 Å². The first kappa shape index (κ1) is 19.3. The number of aliphatic hydroxyl groups is 1. The van der Waals surface area contributed by atoms with Crippen molar-refractivity contribution in [3.05, 3.63) is 12.7 Å². The normalized spacial score (nSPS) is 11.7. The highest BCUT2D eigenvalue weighted by Gasteiger charge is 1.98. The van der Waals surface area contributed by atoms with Crippen LogP contribution in [0.2, 0.25) is 0 Å². The van der Waals surface area contributed by atoms with Gasteiger partial charge in [-0.3, -0.25) is 0 Å². The fourth-order valence-corrected chi connectivity index (χ4v) is 2.24. The summed E-state index contributed by atoms with van der Waals surface area (Å²) in [4.78, 5) is 0. The minimum Gasteiger partial charge on any atom is -0.380 e. The molecular formula is C19H34O. The van der Waals surface area contributed by atoms with E-state index in [-0.39, 0.29) is 0 Å². The van der Waals surface area contributed by atoms with E-state index in [0.29, 0.717) is 0 Å². The molecule has 0 fully saturated rings. The van der Waals surface area contributed by atoms with Gasteiger partial charge in [0.2, 0.25) is 0 Å². The van der Waals surface area contributed by atoms with E-state index in [0.717, 1.165) is 25.7 Å². The van der Waals surface area contributed by atoms with E-state index in [1.165, 1.54) is 57.8 Å². The number of aliphatic hydroxyl groups excluding tert-OH is 1. The monoisotopic (exact) mass is 278 g/mol.